The maximum absolute atomic E-state index is 13.4. The topological polar surface area (TPSA) is 130 Å². The highest BCUT2D eigenvalue weighted by atomic mass is 16.3. The van der Waals surface area contributed by atoms with E-state index in [1.807, 2.05) is 0 Å². The van der Waals surface area contributed by atoms with Crippen LogP contribution >= 0.6 is 0 Å². The molecule has 0 radical (unpaired) electrons. The molecule has 1 atom stereocenters. The van der Waals surface area contributed by atoms with Crippen LogP contribution in [0.3, 0.4) is 0 Å². The minimum atomic E-state index is -0.446. The quantitative estimate of drug-likeness (QED) is 0.416. The van der Waals surface area contributed by atoms with E-state index >= 15 is 0 Å². The van der Waals surface area contributed by atoms with E-state index in [0.29, 0.717) is 33.4 Å². The van der Waals surface area contributed by atoms with Gasteiger partial charge in [0.15, 0.2) is 5.82 Å². The van der Waals surface area contributed by atoms with Gasteiger partial charge in [-0.1, -0.05) is 25.0 Å². The van der Waals surface area contributed by atoms with Crippen molar-refractivity contribution < 1.29 is 14.7 Å². The Morgan fingerprint density at radius 1 is 1.06 bits per heavy atom. The number of hydrogen-bond acceptors (Lipinski definition) is 7. The number of nitrogens with zero attached hydrogens (tertiary/aromatic N) is 7. The molecule has 0 spiro atoms. The van der Waals surface area contributed by atoms with Crippen LogP contribution in [0.25, 0.3) is 22.3 Å². The Bertz CT molecular complexity index is 1510. The molecule has 0 unspecified atom stereocenters. The molecule has 6 rings (SSSR count). The standard InChI is InChI=1S/C26H23N7O3/c27-11-9-21(16-5-1-2-6-16)32-13-20(22-19-10-12-31(15-34)23(19)29-14-28-22)24(30-32)33-25(35)17-7-3-4-8-18(17)26(33)36/h3-4,7-8,10,12-14,16,21,34H,1-2,5-6,9,15H2/t21-/m1/s1. The van der Waals surface area contributed by atoms with Gasteiger partial charge in [-0.2, -0.15) is 10.4 Å². The Kier molecular flexibility index (Phi) is 5.34. The fourth-order valence-electron chi connectivity index (χ4n) is 5.51. The van der Waals surface area contributed by atoms with Crippen molar-refractivity contribution in [1.82, 2.24) is 24.3 Å². The van der Waals surface area contributed by atoms with Crippen LogP contribution in [0.15, 0.2) is 49.1 Å². The van der Waals surface area contributed by atoms with Gasteiger partial charge in [0.1, 0.15) is 18.7 Å². The molecule has 180 valence electrons. The van der Waals surface area contributed by atoms with Crippen LogP contribution < -0.4 is 4.90 Å². The molecule has 3 aromatic heterocycles. The van der Waals surface area contributed by atoms with Crippen LogP contribution in [0.5, 0.6) is 0 Å². The minimum absolute atomic E-state index is 0.180. The Balaban J connectivity index is 1.55. The number of anilines is 1. The van der Waals surface area contributed by atoms with E-state index in [1.165, 1.54) is 6.33 Å². The molecule has 1 aliphatic heterocycles. The van der Waals surface area contributed by atoms with Crippen molar-refractivity contribution in [2.24, 2.45) is 5.92 Å². The number of aliphatic hydroxyl groups excluding tert-OH is 1. The Hall–Kier alpha value is -4.36. The predicted octanol–water partition coefficient (Wildman–Crippen LogP) is 3.69. The van der Waals surface area contributed by atoms with Crippen LogP contribution in [0.1, 0.15) is 58.9 Å². The predicted molar refractivity (Wildman–Crippen MR) is 130 cm³/mol. The second kappa shape index (κ2) is 8.70. The smallest absolute Gasteiger partial charge is 0.267 e. The average molecular weight is 482 g/mol. The highest BCUT2D eigenvalue weighted by molar-refractivity contribution is 6.35. The summed E-state index contributed by atoms with van der Waals surface area (Å²) in [6.07, 6.45) is 9.36. The van der Waals surface area contributed by atoms with Crippen LogP contribution in [0, 0.1) is 17.2 Å². The van der Waals surface area contributed by atoms with Gasteiger partial charge in [0.2, 0.25) is 0 Å². The van der Waals surface area contributed by atoms with Gasteiger partial charge < -0.3 is 9.67 Å². The molecule has 4 heterocycles. The van der Waals surface area contributed by atoms with Gasteiger partial charge in [-0.3, -0.25) is 14.3 Å². The third-order valence-corrected chi connectivity index (χ3v) is 7.27. The molecule has 2 aliphatic rings. The molecular formula is C26H23N7O3. The number of amides is 2. The van der Waals surface area contributed by atoms with Crippen LogP contribution in [0.2, 0.25) is 0 Å². The number of rotatable bonds is 6. The highest BCUT2D eigenvalue weighted by Crippen LogP contribution is 2.41. The lowest BCUT2D eigenvalue weighted by atomic mass is 9.96. The molecule has 36 heavy (non-hydrogen) atoms. The maximum Gasteiger partial charge on any atom is 0.267 e. The number of aromatic nitrogens is 5. The van der Waals surface area contributed by atoms with Crippen LogP contribution in [-0.2, 0) is 6.73 Å². The van der Waals surface area contributed by atoms with E-state index in [-0.39, 0.29) is 30.9 Å². The van der Waals surface area contributed by atoms with Crippen molar-refractivity contribution in [3.63, 3.8) is 0 Å². The van der Waals surface area contributed by atoms with Crippen molar-refractivity contribution >= 4 is 28.7 Å². The normalized spacial score (nSPS) is 16.6. The lowest BCUT2D eigenvalue weighted by molar-refractivity contribution is 0.0924. The fourth-order valence-corrected chi connectivity index (χ4v) is 5.51. The molecule has 1 saturated carbocycles. The number of carbonyl (C=O) groups is 2. The summed E-state index contributed by atoms with van der Waals surface area (Å²) in [7, 11) is 0. The summed E-state index contributed by atoms with van der Waals surface area (Å²) in [5, 5.41) is 24.7. The molecule has 1 fully saturated rings. The molecule has 1 N–H and O–H groups in total. The van der Waals surface area contributed by atoms with E-state index in [1.54, 1.807) is 52.0 Å². The number of benzene rings is 1. The van der Waals surface area contributed by atoms with Gasteiger partial charge in [0, 0.05) is 17.8 Å². The average Bonchev–Trinajstić information content (AvgIpc) is 3.69. The third kappa shape index (κ3) is 3.31. The van der Waals surface area contributed by atoms with E-state index in [2.05, 4.69) is 16.0 Å². The maximum atomic E-state index is 13.4. The zero-order chi connectivity index (χ0) is 24.8. The summed E-state index contributed by atoms with van der Waals surface area (Å²) in [5.41, 5.74) is 2.16. The number of imide groups is 1. The summed E-state index contributed by atoms with van der Waals surface area (Å²) >= 11 is 0. The van der Waals surface area contributed by atoms with E-state index in [4.69, 9.17) is 5.10 Å². The SMILES string of the molecule is N#CC[C@H](C1CCCC1)n1cc(-c2ncnc3c2ccn3CO)c(N2C(=O)c3ccccc3C2=O)n1. The summed E-state index contributed by atoms with van der Waals surface area (Å²) in [5.74, 6) is -0.428. The van der Waals surface area contributed by atoms with Gasteiger partial charge in [-0.15, -0.1) is 0 Å². The van der Waals surface area contributed by atoms with Crippen LogP contribution in [0.4, 0.5) is 5.82 Å². The van der Waals surface area contributed by atoms with Crippen molar-refractivity contribution in [2.45, 2.75) is 44.9 Å². The molecule has 0 saturated heterocycles. The van der Waals surface area contributed by atoms with Gasteiger partial charge in [-0.25, -0.2) is 14.9 Å². The first kappa shape index (κ1) is 22.1. The van der Waals surface area contributed by atoms with Crippen molar-refractivity contribution in [2.75, 3.05) is 4.90 Å². The lowest BCUT2D eigenvalue weighted by Crippen LogP contribution is -2.30. The van der Waals surface area contributed by atoms with E-state index in [9.17, 15) is 20.0 Å². The van der Waals surface area contributed by atoms with Gasteiger partial charge in [-0.05, 0) is 37.0 Å². The first-order valence-corrected chi connectivity index (χ1v) is 12.0. The molecule has 1 aliphatic carbocycles. The molecule has 0 bridgehead atoms. The summed E-state index contributed by atoms with van der Waals surface area (Å²) in [6, 6.07) is 10.6. The zero-order valence-electron chi connectivity index (χ0n) is 19.4. The Labute approximate surface area is 206 Å². The summed E-state index contributed by atoms with van der Waals surface area (Å²) < 4.78 is 3.31. The van der Waals surface area contributed by atoms with Gasteiger partial charge in [0.25, 0.3) is 11.8 Å². The second-order valence-electron chi connectivity index (χ2n) is 9.20. The number of nitriles is 1. The van der Waals surface area contributed by atoms with Crippen molar-refractivity contribution in [3.05, 3.63) is 60.2 Å². The van der Waals surface area contributed by atoms with Crippen LogP contribution in [-0.4, -0.2) is 41.2 Å². The summed E-state index contributed by atoms with van der Waals surface area (Å²) in [4.78, 5) is 36.7. The first-order chi connectivity index (χ1) is 17.6. The number of fused-ring (bicyclic) bond motifs is 2. The fraction of sp³-hybridized carbons (Fsp3) is 0.308. The first-order valence-electron chi connectivity index (χ1n) is 12.0. The molecule has 10 heteroatoms. The second-order valence-corrected chi connectivity index (χ2v) is 9.20. The molecule has 4 aromatic rings. The minimum Gasteiger partial charge on any atom is -0.376 e. The Morgan fingerprint density at radius 3 is 2.44 bits per heavy atom. The van der Waals surface area contributed by atoms with E-state index in [0.717, 1.165) is 30.6 Å². The monoisotopic (exact) mass is 481 g/mol. The largest absolute Gasteiger partial charge is 0.376 e. The molecule has 1 aromatic carbocycles. The van der Waals surface area contributed by atoms with E-state index < -0.39 is 11.8 Å². The van der Waals surface area contributed by atoms with Crippen molar-refractivity contribution in [3.8, 4) is 17.3 Å². The summed E-state index contributed by atoms with van der Waals surface area (Å²) in [6.45, 7) is -0.254. The number of hydrogen-bond donors (Lipinski definition) is 1. The van der Waals surface area contributed by atoms with Gasteiger partial charge >= 0.3 is 0 Å². The lowest BCUT2D eigenvalue weighted by Gasteiger charge is -2.21. The third-order valence-electron chi connectivity index (χ3n) is 7.27. The Morgan fingerprint density at radius 2 is 1.78 bits per heavy atom. The molecular weight excluding hydrogens is 458 g/mol. The zero-order valence-corrected chi connectivity index (χ0v) is 19.4. The number of aliphatic hydroxyl groups is 1. The molecule has 2 amide bonds. The highest BCUT2D eigenvalue weighted by Gasteiger charge is 2.40. The number of carbonyl (C=O) groups excluding carboxylic acids is 2. The molecule has 10 nitrogen and oxygen atoms in total. The van der Waals surface area contributed by atoms with Gasteiger partial charge in [0.05, 0.1) is 40.9 Å². The van der Waals surface area contributed by atoms with Crippen molar-refractivity contribution in [1.29, 1.82) is 5.26 Å².